The van der Waals surface area contributed by atoms with Gasteiger partial charge in [0, 0.05) is 13.7 Å². The van der Waals surface area contributed by atoms with Crippen molar-refractivity contribution in [2.45, 2.75) is 30.8 Å². The van der Waals surface area contributed by atoms with Gasteiger partial charge in [-0.2, -0.15) is 0 Å². The number of rotatable bonds is 8. The highest BCUT2D eigenvalue weighted by atomic mass is 32.2. The summed E-state index contributed by atoms with van der Waals surface area (Å²) < 4.78 is 33.3. The first kappa shape index (κ1) is 17.8. The van der Waals surface area contributed by atoms with E-state index < -0.39 is 32.2 Å². The number of ether oxygens (including phenoxy) is 2. The minimum atomic E-state index is -3.73. The smallest absolute Gasteiger partial charge is 0.306 e. The second-order valence-corrected chi connectivity index (χ2v) is 6.80. The van der Waals surface area contributed by atoms with Crippen LogP contribution in [0.15, 0.2) is 0 Å². The molecule has 0 heterocycles. The number of carbonyl (C=O) groups excluding carboxylic acids is 2. The maximum Gasteiger partial charge on any atom is 0.306 e. The van der Waals surface area contributed by atoms with Crippen LogP contribution >= 0.6 is 0 Å². The summed E-state index contributed by atoms with van der Waals surface area (Å²) >= 11 is 0. The van der Waals surface area contributed by atoms with Crippen molar-refractivity contribution < 1.29 is 27.5 Å². The van der Waals surface area contributed by atoms with Gasteiger partial charge in [-0.1, -0.05) is 0 Å². The number of nitrogens with one attached hydrogen (secondary N) is 1. The molecule has 0 bridgehead atoms. The first-order valence-electron chi connectivity index (χ1n) is 5.83. The van der Waals surface area contributed by atoms with E-state index in [4.69, 9.17) is 4.74 Å². The summed E-state index contributed by atoms with van der Waals surface area (Å²) in [5.74, 6) is -1.23. The molecule has 0 fully saturated rings. The number of hydrogen-bond donors (Lipinski definition) is 1. The van der Waals surface area contributed by atoms with Crippen LogP contribution in [0.5, 0.6) is 0 Å². The predicted octanol–water partition coefficient (Wildman–Crippen LogP) is -0.496. The summed E-state index contributed by atoms with van der Waals surface area (Å²) in [6.07, 6.45) is -0.269. The summed E-state index contributed by atoms with van der Waals surface area (Å²) in [5.41, 5.74) is 0. The van der Waals surface area contributed by atoms with E-state index in [-0.39, 0.29) is 13.0 Å². The van der Waals surface area contributed by atoms with E-state index in [2.05, 4.69) is 10.1 Å². The summed E-state index contributed by atoms with van der Waals surface area (Å²) in [5, 5.41) is 0.265. The fourth-order valence-corrected chi connectivity index (χ4v) is 2.80. The lowest BCUT2D eigenvalue weighted by Gasteiger charge is -2.17. The zero-order valence-corrected chi connectivity index (χ0v) is 12.5. The van der Waals surface area contributed by atoms with E-state index in [1.807, 2.05) is 0 Å². The molecule has 0 saturated heterocycles. The van der Waals surface area contributed by atoms with E-state index in [1.54, 1.807) is 0 Å². The molecular weight excluding hydrogens is 274 g/mol. The minimum Gasteiger partial charge on any atom is -0.469 e. The molecule has 1 N–H and O–H groups in total. The largest absolute Gasteiger partial charge is 0.469 e. The number of carbonyl (C=O) groups is 2. The predicted molar refractivity (Wildman–Crippen MR) is 69.4 cm³/mol. The van der Waals surface area contributed by atoms with Gasteiger partial charge in [-0.05, 0) is 13.8 Å². The van der Waals surface area contributed by atoms with Crippen LogP contribution in [-0.2, 0) is 28.9 Å². The molecule has 2 atom stereocenters. The average molecular weight is 295 g/mol. The molecule has 0 spiro atoms. The summed E-state index contributed by atoms with van der Waals surface area (Å²) in [4.78, 5) is 22.7. The standard InChI is InChI=1S/C11H21NO6S/c1-8(7-10(13)18-4)19(15,16)9(2)11(14)12-5-6-17-3/h8-9H,5-7H2,1-4H3,(H,12,14). The molecule has 7 nitrogen and oxygen atoms in total. The Balaban J connectivity index is 4.61. The monoisotopic (exact) mass is 295 g/mol. The first-order valence-corrected chi connectivity index (χ1v) is 7.44. The molecule has 1 amide bonds. The van der Waals surface area contributed by atoms with Crippen molar-refractivity contribution in [1.29, 1.82) is 0 Å². The highest BCUT2D eigenvalue weighted by Gasteiger charge is 2.34. The molecule has 0 aliphatic heterocycles. The zero-order chi connectivity index (χ0) is 15.1. The highest BCUT2D eigenvalue weighted by Crippen LogP contribution is 2.13. The van der Waals surface area contributed by atoms with Crippen LogP contribution in [0.3, 0.4) is 0 Å². The van der Waals surface area contributed by atoms with Crippen LogP contribution in [0.25, 0.3) is 0 Å². The van der Waals surface area contributed by atoms with Crippen LogP contribution in [0.4, 0.5) is 0 Å². The van der Waals surface area contributed by atoms with Crippen molar-refractivity contribution in [3.05, 3.63) is 0 Å². The van der Waals surface area contributed by atoms with Crippen molar-refractivity contribution >= 4 is 21.7 Å². The van der Waals surface area contributed by atoms with Gasteiger partial charge >= 0.3 is 5.97 Å². The van der Waals surface area contributed by atoms with E-state index in [1.165, 1.54) is 28.1 Å². The van der Waals surface area contributed by atoms with Gasteiger partial charge < -0.3 is 14.8 Å². The van der Waals surface area contributed by atoms with Crippen molar-refractivity contribution in [2.75, 3.05) is 27.4 Å². The summed E-state index contributed by atoms with van der Waals surface area (Å²) in [6.45, 7) is 3.22. The number of methoxy groups -OCH3 is 2. The van der Waals surface area contributed by atoms with Gasteiger partial charge in [-0.15, -0.1) is 0 Å². The SMILES string of the molecule is COCCNC(=O)C(C)S(=O)(=O)C(C)CC(=O)OC. The maximum atomic E-state index is 12.1. The quantitative estimate of drug-likeness (QED) is 0.479. The van der Waals surface area contributed by atoms with Crippen LogP contribution < -0.4 is 5.32 Å². The Kier molecular flexibility index (Phi) is 7.62. The fourth-order valence-electron chi connectivity index (χ4n) is 1.35. The summed E-state index contributed by atoms with van der Waals surface area (Å²) in [6, 6.07) is 0. The van der Waals surface area contributed by atoms with Crippen LogP contribution in [0.1, 0.15) is 20.3 Å². The Morgan fingerprint density at radius 2 is 1.79 bits per heavy atom. The Labute approximate surface area is 113 Å². The molecule has 0 aromatic carbocycles. The van der Waals surface area contributed by atoms with Crippen molar-refractivity contribution in [2.24, 2.45) is 0 Å². The van der Waals surface area contributed by atoms with Crippen LogP contribution in [-0.4, -0.2) is 58.2 Å². The van der Waals surface area contributed by atoms with E-state index >= 15 is 0 Å². The molecule has 0 rings (SSSR count). The van der Waals surface area contributed by atoms with E-state index in [0.717, 1.165) is 0 Å². The van der Waals surface area contributed by atoms with Crippen LogP contribution in [0.2, 0.25) is 0 Å². The molecule has 0 radical (unpaired) electrons. The lowest BCUT2D eigenvalue weighted by molar-refractivity contribution is -0.140. The van der Waals surface area contributed by atoms with Gasteiger partial charge in [0.1, 0.15) is 5.25 Å². The fraction of sp³-hybridized carbons (Fsp3) is 0.818. The van der Waals surface area contributed by atoms with E-state index in [9.17, 15) is 18.0 Å². The molecule has 0 aliphatic carbocycles. The third kappa shape index (κ3) is 5.56. The first-order chi connectivity index (χ1) is 8.77. The van der Waals surface area contributed by atoms with Crippen molar-refractivity contribution in [3.8, 4) is 0 Å². The molecule has 0 aromatic rings. The number of esters is 1. The molecule has 8 heteroatoms. The molecule has 2 unspecified atom stereocenters. The zero-order valence-electron chi connectivity index (χ0n) is 11.6. The lowest BCUT2D eigenvalue weighted by atomic mass is 10.3. The van der Waals surface area contributed by atoms with Gasteiger partial charge in [0.05, 0.1) is 25.4 Å². The Morgan fingerprint density at radius 3 is 2.26 bits per heavy atom. The molecule has 112 valence electrons. The van der Waals surface area contributed by atoms with E-state index in [0.29, 0.717) is 6.61 Å². The number of sulfone groups is 1. The Morgan fingerprint density at radius 1 is 1.21 bits per heavy atom. The molecule has 0 aromatic heterocycles. The van der Waals surface area contributed by atoms with Crippen LogP contribution in [0, 0.1) is 0 Å². The minimum absolute atomic E-state index is 0.237. The molecular formula is C11H21NO6S. The third-order valence-corrected chi connectivity index (χ3v) is 5.20. The Bertz CT molecular complexity index is 405. The van der Waals surface area contributed by atoms with Crippen molar-refractivity contribution in [1.82, 2.24) is 5.32 Å². The van der Waals surface area contributed by atoms with Gasteiger partial charge in [0.2, 0.25) is 5.91 Å². The van der Waals surface area contributed by atoms with Gasteiger partial charge in [0.25, 0.3) is 0 Å². The maximum absolute atomic E-state index is 12.1. The molecule has 19 heavy (non-hydrogen) atoms. The molecule has 0 aliphatic rings. The second kappa shape index (κ2) is 8.11. The van der Waals surface area contributed by atoms with Gasteiger partial charge in [-0.3, -0.25) is 9.59 Å². The second-order valence-electron chi connectivity index (χ2n) is 4.11. The summed E-state index contributed by atoms with van der Waals surface area (Å²) in [7, 11) is -1.07. The normalized spacial score (nSPS) is 14.5. The van der Waals surface area contributed by atoms with Gasteiger partial charge in [0.15, 0.2) is 9.84 Å². The lowest BCUT2D eigenvalue weighted by Crippen LogP contribution is -2.42. The highest BCUT2D eigenvalue weighted by molar-refractivity contribution is 7.93. The molecule has 0 saturated carbocycles. The van der Waals surface area contributed by atoms with Crippen molar-refractivity contribution in [3.63, 3.8) is 0 Å². The number of hydrogen-bond acceptors (Lipinski definition) is 6. The van der Waals surface area contributed by atoms with Gasteiger partial charge in [-0.25, -0.2) is 8.42 Å². The average Bonchev–Trinajstić information content (AvgIpc) is 2.37. The number of amides is 1. The Hall–Kier alpha value is -1.15. The topological polar surface area (TPSA) is 98.8 Å². The third-order valence-electron chi connectivity index (χ3n) is 2.71.